The first-order valence-electron chi connectivity index (χ1n) is 9.78. The summed E-state index contributed by atoms with van der Waals surface area (Å²) in [6, 6.07) is 14.0. The second-order valence-corrected chi connectivity index (χ2v) is 8.44. The molecule has 0 atom stereocenters. The van der Waals surface area contributed by atoms with Gasteiger partial charge >= 0.3 is 0 Å². The van der Waals surface area contributed by atoms with Gasteiger partial charge in [0.25, 0.3) is 5.91 Å². The zero-order valence-electron chi connectivity index (χ0n) is 16.4. The van der Waals surface area contributed by atoms with Gasteiger partial charge < -0.3 is 9.64 Å². The molecule has 2 aliphatic heterocycles. The minimum atomic E-state index is -0.189. The number of piperazine rings is 1. The molecule has 2 aromatic carbocycles. The number of hydrogen-bond acceptors (Lipinski definition) is 4. The predicted octanol–water partition coefficient (Wildman–Crippen LogP) is 2.83. The molecule has 1 saturated heterocycles. The van der Waals surface area contributed by atoms with Crippen LogP contribution in [0.25, 0.3) is 0 Å². The van der Waals surface area contributed by atoms with Gasteiger partial charge in [0.15, 0.2) is 6.61 Å². The fourth-order valence-electron chi connectivity index (χ4n) is 3.81. The summed E-state index contributed by atoms with van der Waals surface area (Å²) in [6.07, 6.45) is 0. The molecule has 0 aromatic heterocycles. The summed E-state index contributed by atoms with van der Waals surface area (Å²) in [7, 11) is 0. The third kappa shape index (κ3) is 4.62. The van der Waals surface area contributed by atoms with Crippen molar-refractivity contribution in [3.63, 3.8) is 0 Å². The molecule has 0 saturated carbocycles. The number of benzene rings is 2. The highest BCUT2D eigenvalue weighted by molar-refractivity contribution is 9.10. The Morgan fingerprint density at radius 1 is 1.10 bits per heavy atom. The van der Waals surface area contributed by atoms with Crippen LogP contribution in [0.15, 0.2) is 46.9 Å². The van der Waals surface area contributed by atoms with E-state index in [1.807, 2.05) is 23.1 Å². The Morgan fingerprint density at radius 3 is 2.66 bits per heavy atom. The molecule has 6 nitrogen and oxygen atoms in total. The molecule has 0 bridgehead atoms. The number of amides is 2. The van der Waals surface area contributed by atoms with Gasteiger partial charge in [-0.15, -0.1) is 0 Å². The van der Waals surface area contributed by atoms with Crippen LogP contribution in [0, 0.1) is 6.92 Å². The van der Waals surface area contributed by atoms with Crippen molar-refractivity contribution in [1.82, 2.24) is 9.80 Å². The number of ether oxygens (including phenoxy) is 1. The van der Waals surface area contributed by atoms with Gasteiger partial charge in [-0.2, -0.15) is 0 Å². The second kappa shape index (κ2) is 8.55. The zero-order chi connectivity index (χ0) is 20.4. The van der Waals surface area contributed by atoms with Gasteiger partial charge in [-0.05, 0) is 30.7 Å². The molecular weight excluding hydrogens is 434 g/mol. The first-order chi connectivity index (χ1) is 14.0. The van der Waals surface area contributed by atoms with Gasteiger partial charge in [-0.1, -0.05) is 45.8 Å². The average Bonchev–Trinajstić information content (AvgIpc) is 2.70. The molecule has 2 heterocycles. The molecule has 152 valence electrons. The van der Waals surface area contributed by atoms with E-state index in [4.69, 9.17) is 4.74 Å². The number of aryl methyl sites for hydroxylation is 1. The SMILES string of the molecule is Cc1cccc(CN2CCN(C(=O)CN3C(=O)COc4cc(Br)ccc43)CC2)c1. The molecule has 0 radical (unpaired) electrons. The van der Waals surface area contributed by atoms with Gasteiger partial charge in [0, 0.05) is 37.2 Å². The Labute approximate surface area is 179 Å². The standard InChI is InChI=1S/C22H24BrN3O3/c1-16-3-2-4-17(11-16)13-24-7-9-25(10-8-24)21(27)14-26-19-6-5-18(23)12-20(19)29-15-22(26)28/h2-6,11-12H,7-10,13-15H2,1H3. The summed E-state index contributed by atoms with van der Waals surface area (Å²) in [5, 5.41) is 0. The first kappa shape index (κ1) is 19.9. The van der Waals surface area contributed by atoms with Crippen molar-refractivity contribution >= 4 is 33.4 Å². The molecule has 0 N–H and O–H groups in total. The smallest absolute Gasteiger partial charge is 0.265 e. The molecule has 1 fully saturated rings. The Kier molecular flexibility index (Phi) is 5.87. The zero-order valence-corrected chi connectivity index (χ0v) is 18.0. The van der Waals surface area contributed by atoms with Crippen LogP contribution in [0.2, 0.25) is 0 Å². The summed E-state index contributed by atoms with van der Waals surface area (Å²) in [5.41, 5.74) is 3.21. The van der Waals surface area contributed by atoms with Crippen molar-refractivity contribution in [3.8, 4) is 5.75 Å². The van der Waals surface area contributed by atoms with Crippen molar-refractivity contribution in [3.05, 3.63) is 58.1 Å². The third-order valence-electron chi connectivity index (χ3n) is 5.37. The first-order valence-corrected chi connectivity index (χ1v) is 10.6. The van der Waals surface area contributed by atoms with Crippen LogP contribution in [0.3, 0.4) is 0 Å². The quantitative estimate of drug-likeness (QED) is 0.708. The highest BCUT2D eigenvalue weighted by Gasteiger charge is 2.30. The van der Waals surface area contributed by atoms with E-state index in [-0.39, 0.29) is 25.0 Å². The topological polar surface area (TPSA) is 53.1 Å². The van der Waals surface area contributed by atoms with E-state index in [2.05, 4.69) is 52.0 Å². The molecule has 0 unspecified atom stereocenters. The lowest BCUT2D eigenvalue weighted by Gasteiger charge is -2.36. The Balaban J connectivity index is 1.35. The lowest BCUT2D eigenvalue weighted by molar-refractivity contribution is -0.133. The molecule has 2 aliphatic rings. The molecule has 0 spiro atoms. The van der Waals surface area contributed by atoms with Crippen molar-refractivity contribution in [2.45, 2.75) is 13.5 Å². The van der Waals surface area contributed by atoms with E-state index in [9.17, 15) is 9.59 Å². The van der Waals surface area contributed by atoms with Gasteiger partial charge in [0.2, 0.25) is 5.91 Å². The number of halogens is 1. The van der Waals surface area contributed by atoms with Crippen LogP contribution >= 0.6 is 15.9 Å². The summed E-state index contributed by atoms with van der Waals surface area (Å²) in [5.74, 6) is 0.408. The van der Waals surface area contributed by atoms with E-state index in [1.54, 1.807) is 0 Å². The third-order valence-corrected chi connectivity index (χ3v) is 5.87. The van der Waals surface area contributed by atoms with E-state index in [0.717, 1.165) is 24.1 Å². The van der Waals surface area contributed by atoms with Crippen LogP contribution in [0.4, 0.5) is 5.69 Å². The predicted molar refractivity (Wildman–Crippen MR) is 115 cm³/mol. The highest BCUT2D eigenvalue weighted by Crippen LogP contribution is 2.34. The number of fused-ring (bicyclic) bond motifs is 1. The van der Waals surface area contributed by atoms with E-state index >= 15 is 0 Å². The fourth-order valence-corrected chi connectivity index (χ4v) is 4.15. The van der Waals surface area contributed by atoms with Crippen LogP contribution in [0.5, 0.6) is 5.75 Å². The summed E-state index contributed by atoms with van der Waals surface area (Å²) in [4.78, 5) is 31.0. The summed E-state index contributed by atoms with van der Waals surface area (Å²) < 4.78 is 6.38. The van der Waals surface area contributed by atoms with Crippen LogP contribution in [-0.2, 0) is 16.1 Å². The summed E-state index contributed by atoms with van der Waals surface area (Å²) in [6.45, 7) is 6.03. The fraction of sp³-hybridized carbons (Fsp3) is 0.364. The van der Waals surface area contributed by atoms with Crippen molar-refractivity contribution in [1.29, 1.82) is 0 Å². The van der Waals surface area contributed by atoms with Crippen LogP contribution in [0.1, 0.15) is 11.1 Å². The van der Waals surface area contributed by atoms with Gasteiger partial charge in [-0.25, -0.2) is 0 Å². The van der Waals surface area contributed by atoms with Gasteiger partial charge in [-0.3, -0.25) is 19.4 Å². The molecule has 2 aromatic rings. The van der Waals surface area contributed by atoms with E-state index < -0.39 is 0 Å². The van der Waals surface area contributed by atoms with Crippen molar-refractivity contribution < 1.29 is 14.3 Å². The number of anilines is 1. The van der Waals surface area contributed by atoms with E-state index in [0.29, 0.717) is 24.5 Å². The van der Waals surface area contributed by atoms with E-state index in [1.165, 1.54) is 16.0 Å². The molecular formula is C22H24BrN3O3. The van der Waals surface area contributed by atoms with Crippen molar-refractivity contribution in [2.75, 3.05) is 44.2 Å². The molecule has 2 amide bonds. The molecule has 0 aliphatic carbocycles. The number of rotatable bonds is 4. The maximum absolute atomic E-state index is 12.9. The molecule has 29 heavy (non-hydrogen) atoms. The number of hydrogen-bond donors (Lipinski definition) is 0. The van der Waals surface area contributed by atoms with Crippen molar-refractivity contribution in [2.24, 2.45) is 0 Å². The monoisotopic (exact) mass is 457 g/mol. The lowest BCUT2D eigenvalue weighted by Crippen LogP contribution is -2.52. The van der Waals surface area contributed by atoms with Gasteiger partial charge in [0.05, 0.1) is 5.69 Å². The second-order valence-electron chi connectivity index (χ2n) is 7.53. The van der Waals surface area contributed by atoms with Crippen LogP contribution < -0.4 is 9.64 Å². The Bertz CT molecular complexity index is 925. The number of carbonyl (C=O) groups is 2. The number of nitrogens with zero attached hydrogens (tertiary/aromatic N) is 3. The Morgan fingerprint density at radius 2 is 1.90 bits per heavy atom. The maximum Gasteiger partial charge on any atom is 0.265 e. The normalized spacial score (nSPS) is 17.1. The summed E-state index contributed by atoms with van der Waals surface area (Å²) >= 11 is 3.41. The lowest BCUT2D eigenvalue weighted by atomic mass is 10.1. The highest BCUT2D eigenvalue weighted by atomic mass is 79.9. The Hall–Kier alpha value is -2.38. The largest absolute Gasteiger partial charge is 0.482 e. The van der Waals surface area contributed by atoms with Gasteiger partial charge in [0.1, 0.15) is 12.3 Å². The van der Waals surface area contributed by atoms with Crippen LogP contribution in [-0.4, -0.2) is 60.9 Å². The number of carbonyl (C=O) groups excluding carboxylic acids is 2. The maximum atomic E-state index is 12.9. The average molecular weight is 458 g/mol. The molecule has 4 rings (SSSR count). The molecule has 7 heteroatoms. The minimum Gasteiger partial charge on any atom is -0.482 e. The minimum absolute atomic E-state index is 0.0238.